The van der Waals surface area contributed by atoms with Crippen molar-refractivity contribution < 1.29 is 28.5 Å². The van der Waals surface area contributed by atoms with Crippen LogP contribution in [-0.2, 0) is 26.9 Å². The monoisotopic (exact) mass is 565 g/mol. The number of carbonyl (C=O) groups is 1. The summed E-state index contributed by atoms with van der Waals surface area (Å²) in [6, 6.07) is 15.7. The minimum Gasteiger partial charge on any atom is -0.508 e. The normalized spacial score (nSPS) is 16.7. The number of ether oxygens (including phenoxy) is 2. The molecule has 0 saturated heterocycles. The van der Waals surface area contributed by atoms with Gasteiger partial charge in [0, 0.05) is 5.56 Å². The number of esters is 1. The summed E-state index contributed by atoms with van der Waals surface area (Å²) in [6.45, 7) is 11.4. The van der Waals surface area contributed by atoms with E-state index < -0.39 is 19.5 Å². The molecule has 0 amide bonds. The zero-order chi connectivity index (χ0) is 29.0. The Morgan fingerprint density at radius 3 is 2.38 bits per heavy atom. The number of carbonyl (C=O) groups excluding carboxylic acids is 1. The molecule has 8 heteroatoms. The topological polar surface area (TPSA) is 94.1 Å². The summed E-state index contributed by atoms with van der Waals surface area (Å²) >= 11 is 0. The van der Waals surface area contributed by atoms with Gasteiger partial charge >= 0.3 is 13.5 Å². The van der Waals surface area contributed by atoms with E-state index in [2.05, 4.69) is 12.0 Å². The molecular weight excluding hydrogens is 525 g/mol. The van der Waals surface area contributed by atoms with Crippen LogP contribution in [0, 0.1) is 13.8 Å². The zero-order valence-electron chi connectivity index (χ0n) is 24.2. The Hall–Kier alpha value is -3.28. The third-order valence-electron chi connectivity index (χ3n) is 7.28. The molecule has 2 N–H and O–H groups in total. The molecular formula is C32H40NO6P. The maximum atomic E-state index is 13.9. The molecule has 0 aliphatic heterocycles. The summed E-state index contributed by atoms with van der Waals surface area (Å²) in [4.78, 5) is 12.4. The highest BCUT2D eigenvalue weighted by Crippen LogP contribution is 2.44. The second kappa shape index (κ2) is 12.5. The highest BCUT2D eigenvalue weighted by atomic mass is 31.2. The summed E-state index contributed by atoms with van der Waals surface area (Å²) in [6.07, 6.45) is 2.23. The lowest BCUT2D eigenvalue weighted by molar-refractivity contribution is -0.149. The van der Waals surface area contributed by atoms with Crippen LogP contribution in [0.2, 0.25) is 0 Å². The van der Waals surface area contributed by atoms with Gasteiger partial charge in [-0.05, 0) is 118 Å². The molecule has 1 aliphatic rings. The molecule has 3 atom stereocenters. The molecule has 0 aromatic heterocycles. The van der Waals surface area contributed by atoms with Gasteiger partial charge in [-0.25, -0.2) is 5.09 Å². The van der Waals surface area contributed by atoms with E-state index in [0.717, 1.165) is 36.0 Å². The smallest absolute Gasteiger partial charge is 0.354 e. The molecule has 0 bridgehead atoms. The molecule has 214 valence electrons. The first kappa shape index (κ1) is 29.7. The molecule has 3 aromatic carbocycles. The number of rotatable bonds is 11. The Bertz CT molecular complexity index is 1380. The van der Waals surface area contributed by atoms with Gasteiger partial charge in [-0.1, -0.05) is 31.2 Å². The van der Waals surface area contributed by atoms with Gasteiger partial charge in [0.05, 0.1) is 6.10 Å². The first-order valence-corrected chi connectivity index (χ1v) is 15.6. The van der Waals surface area contributed by atoms with E-state index >= 15 is 0 Å². The van der Waals surface area contributed by atoms with Crippen molar-refractivity contribution in [2.24, 2.45) is 0 Å². The third kappa shape index (κ3) is 7.07. The van der Waals surface area contributed by atoms with E-state index in [1.54, 1.807) is 45.0 Å². The maximum absolute atomic E-state index is 13.9. The standard InChI is InChI=1S/C32H40NO6P/c1-20(2)38-32(35)24(6)33-40(36,39-26-10-8-7-9-11-26)19-37-27-16-22(4)29(23(5)17-27)18-25-13-15-30(34)31-21(3)12-14-28(25)31/h7-11,13,15-17,20-21,24,34H,12,14,18-19H2,1-6H3,(H,33,36)/t21?,24-,40?/m0/s1. The number of aryl methyl sites for hydroxylation is 2. The van der Waals surface area contributed by atoms with Crippen LogP contribution < -0.4 is 14.3 Å². The van der Waals surface area contributed by atoms with E-state index in [-0.39, 0.29) is 12.5 Å². The van der Waals surface area contributed by atoms with Crippen LogP contribution in [0.3, 0.4) is 0 Å². The van der Waals surface area contributed by atoms with Gasteiger partial charge in [0.15, 0.2) is 6.35 Å². The number of benzene rings is 3. The molecule has 1 aliphatic carbocycles. The summed E-state index contributed by atoms with van der Waals surface area (Å²) < 4.78 is 31.1. The van der Waals surface area contributed by atoms with Crippen LogP contribution in [0.4, 0.5) is 0 Å². The fourth-order valence-electron chi connectivity index (χ4n) is 5.30. The van der Waals surface area contributed by atoms with Crippen molar-refractivity contribution in [3.05, 3.63) is 88.0 Å². The van der Waals surface area contributed by atoms with Gasteiger partial charge < -0.3 is 19.1 Å². The molecule has 2 unspecified atom stereocenters. The molecule has 0 radical (unpaired) electrons. The number of aromatic hydroxyl groups is 1. The van der Waals surface area contributed by atoms with Gasteiger partial charge in [-0.15, -0.1) is 0 Å². The van der Waals surface area contributed by atoms with E-state index in [0.29, 0.717) is 23.2 Å². The van der Waals surface area contributed by atoms with Gasteiger partial charge in [0.2, 0.25) is 0 Å². The number of para-hydroxylation sites is 1. The lowest BCUT2D eigenvalue weighted by atomic mass is 9.91. The Labute approximate surface area is 237 Å². The molecule has 7 nitrogen and oxygen atoms in total. The van der Waals surface area contributed by atoms with Crippen molar-refractivity contribution in [2.45, 2.75) is 78.9 Å². The van der Waals surface area contributed by atoms with Crippen molar-refractivity contribution in [1.82, 2.24) is 5.09 Å². The summed E-state index contributed by atoms with van der Waals surface area (Å²) in [5, 5.41) is 13.2. The number of phenols is 1. The minimum atomic E-state index is -3.67. The number of fused-ring (bicyclic) bond motifs is 1. The van der Waals surface area contributed by atoms with Gasteiger partial charge in [0.1, 0.15) is 23.3 Å². The van der Waals surface area contributed by atoms with Crippen molar-refractivity contribution in [1.29, 1.82) is 0 Å². The average molecular weight is 566 g/mol. The minimum absolute atomic E-state index is 0.275. The molecule has 0 saturated carbocycles. The Morgan fingerprint density at radius 2 is 1.73 bits per heavy atom. The first-order chi connectivity index (χ1) is 19.0. The predicted molar refractivity (Wildman–Crippen MR) is 158 cm³/mol. The van der Waals surface area contributed by atoms with Crippen LogP contribution in [0.25, 0.3) is 0 Å². The van der Waals surface area contributed by atoms with Crippen LogP contribution >= 0.6 is 7.52 Å². The van der Waals surface area contributed by atoms with Crippen LogP contribution in [0.15, 0.2) is 54.6 Å². The van der Waals surface area contributed by atoms with Crippen molar-refractivity contribution in [2.75, 3.05) is 6.35 Å². The van der Waals surface area contributed by atoms with E-state index in [1.807, 2.05) is 44.2 Å². The molecule has 40 heavy (non-hydrogen) atoms. The van der Waals surface area contributed by atoms with Gasteiger partial charge in [-0.2, -0.15) is 0 Å². The Kier molecular flexibility index (Phi) is 9.27. The molecule has 4 rings (SSSR count). The average Bonchev–Trinajstić information content (AvgIpc) is 3.29. The Morgan fingerprint density at radius 1 is 1.05 bits per heavy atom. The lowest BCUT2D eigenvalue weighted by Gasteiger charge is -2.24. The summed E-state index contributed by atoms with van der Waals surface area (Å²) in [7, 11) is -3.67. The fourth-order valence-corrected chi connectivity index (χ4v) is 6.96. The second-order valence-electron chi connectivity index (χ2n) is 11.0. The van der Waals surface area contributed by atoms with Crippen molar-refractivity contribution >= 4 is 13.5 Å². The van der Waals surface area contributed by atoms with Crippen LogP contribution in [0.5, 0.6) is 17.2 Å². The maximum Gasteiger partial charge on any atom is 0.354 e. The lowest BCUT2D eigenvalue weighted by Crippen LogP contribution is -2.36. The van der Waals surface area contributed by atoms with Gasteiger partial charge in [0.25, 0.3) is 0 Å². The van der Waals surface area contributed by atoms with E-state index in [9.17, 15) is 14.5 Å². The largest absolute Gasteiger partial charge is 0.508 e. The first-order valence-electron chi connectivity index (χ1n) is 13.8. The number of nitrogens with one attached hydrogen (secondary N) is 1. The SMILES string of the molecule is Cc1cc(OCP(=O)(N[C@@H](C)C(=O)OC(C)C)Oc2ccccc2)cc(C)c1Cc1ccc(O)c2c1CCC2C. The quantitative estimate of drug-likeness (QED) is 0.188. The fraction of sp³-hybridized carbons (Fsp3) is 0.406. The second-order valence-corrected chi connectivity index (χ2v) is 13.0. The van der Waals surface area contributed by atoms with Crippen LogP contribution in [0.1, 0.15) is 73.4 Å². The zero-order valence-corrected chi connectivity index (χ0v) is 25.1. The number of phenolic OH excluding ortho intramolecular Hbond substituents is 1. The predicted octanol–water partition coefficient (Wildman–Crippen LogP) is 7.19. The highest BCUT2D eigenvalue weighted by Gasteiger charge is 2.32. The Balaban J connectivity index is 1.52. The van der Waals surface area contributed by atoms with Gasteiger partial charge in [-0.3, -0.25) is 9.36 Å². The van der Waals surface area contributed by atoms with Crippen LogP contribution in [-0.4, -0.2) is 29.6 Å². The highest BCUT2D eigenvalue weighted by molar-refractivity contribution is 7.57. The third-order valence-corrected chi connectivity index (χ3v) is 9.04. The summed E-state index contributed by atoms with van der Waals surface area (Å²) in [5.74, 6) is 1.22. The number of hydrogen-bond donors (Lipinski definition) is 2. The molecule has 0 fully saturated rings. The molecule has 0 heterocycles. The summed E-state index contributed by atoms with van der Waals surface area (Å²) in [5.41, 5.74) is 6.91. The van der Waals surface area contributed by atoms with Crippen molar-refractivity contribution in [3.63, 3.8) is 0 Å². The van der Waals surface area contributed by atoms with Crippen molar-refractivity contribution in [3.8, 4) is 17.2 Å². The number of hydrogen-bond acceptors (Lipinski definition) is 6. The van der Waals surface area contributed by atoms with E-state index in [1.165, 1.54) is 16.7 Å². The molecule has 3 aromatic rings. The van der Waals surface area contributed by atoms with E-state index in [4.69, 9.17) is 14.0 Å². The molecule has 0 spiro atoms.